The topological polar surface area (TPSA) is 66.4 Å². The molecule has 0 N–H and O–H groups in total. The fourth-order valence-electron chi connectivity index (χ4n) is 3.69. The molecule has 0 spiro atoms. The summed E-state index contributed by atoms with van der Waals surface area (Å²) in [6.45, 7) is 4.94. The zero-order valence-electron chi connectivity index (χ0n) is 17.4. The van der Waals surface area contributed by atoms with Crippen LogP contribution < -0.4 is 0 Å². The molecule has 0 bridgehead atoms. The first-order chi connectivity index (χ1) is 13.8. The van der Waals surface area contributed by atoms with Crippen molar-refractivity contribution in [3.8, 4) is 0 Å². The molecule has 1 aliphatic heterocycles. The summed E-state index contributed by atoms with van der Waals surface area (Å²) >= 11 is 0. The number of halogens is 1. The molecule has 6 nitrogen and oxygen atoms in total. The van der Waals surface area contributed by atoms with Crippen LogP contribution in [0.1, 0.15) is 51.9 Å². The zero-order valence-corrected chi connectivity index (χ0v) is 17.4. The van der Waals surface area contributed by atoms with Gasteiger partial charge in [-0.3, -0.25) is 9.59 Å². The lowest BCUT2D eigenvalue weighted by Crippen LogP contribution is -2.39. The molecule has 2 heterocycles. The quantitative estimate of drug-likeness (QED) is 0.794. The smallest absolute Gasteiger partial charge is 0.253 e. The number of hydrogen-bond acceptors (Lipinski definition) is 4. The van der Waals surface area contributed by atoms with Gasteiger partial charge in [-0.25, -0.2) is 14.4 Å². The number of nitrogens with zero attached hydrogens (tertiary/aromatic N) is 4. The summed E-state index contributed by atoms with van der Waals surface area (Å²) in [6, 6.07) is 5.79. The molecule has 3 rings (SSSR count). The second-order valence-corrected chi connectivity index (χ2v) is 7.80. The van der Waals surface area contributed by atoms with E-state index in [0.29, 0.717) is 24.5 Å². The third kappa shape index (κ3) is 4.78. The highest BCUT2D eigenvalue weighted by molar-refractivity contribution is 5.94. The molecule has 7 heteroatoms. The molecule has 2 aromatic rings. The van der Waals surface area contributed by atoms with E-state index in [2.05, 4.69) is 9.97 Å². The lowest BCUT2D eigenvalue weighted by atomic mass is 9.95. The highest BCUT2D eigenvalue weighted by atomic mass is 19.1. The first kappa shape index (κ1) is 20.9. The number of likely N-dealkylation sites (tertiary alicyclic amines) is 1. The van der Waals surface area contributed by atoms with Gasteiger partial charge in [0.05, 0.1) is 6.42 Å². The van der Waals surface area contributed by atoms with E-state index in [-0.39, 0.29) is 24.2 Å². The molecule has 1 aromatic carbocycles. The molecule has 2 amide bonds. The molecule has 1 aromatic heterocycles. The second-order valence-electron chi connectivity index (χ2n) is 7.80. The average molecular weight is 398 g/mol. The van der Waals surface area contributed by atoms with E-state index in [1.54, 1.807) is 36.0 Å². The fourth-order valence-corrected chi connectivity index (χ4v) is 3.69. The first-order valence-electron chi connectivity index (χ1n) is 9.85. The second kappa shape index (κ2) is 8.68. The predicted molar refractivity (Wildman–Crippen MR) is 108 cm³/mol. The summed E-state index contributed by atoms with van der Waals surface area (Å²) < 4.78 is 13.5. The van der Waals surface area contributed by atoms with Crippen molar-refractivity contribution in [2.24, 2.45) is 0 Å². The van der Waals surface area contributed by atoms with Crippen molar-refractivity contribution in [3.05, 3.63) is 58.4 Å². The number of carbonyl (C=O) groups excluding carboxylic acids is 2. The molecule has 0 unspecified atom stereocenters. The normalized spacial score (nSPS) is 16.6. The number of hydrogen-bond donors (Lipinski definition) is 0. The fraction of sp³-hybridized carbons (Fsp3) is 0.455. The maximum absolute atomic E-state index is 13.5. The van der Waals surface area contributed by atoms with E-state index < -0.39 is 5.82 Å². The Labute approximate surface area is 170 Å². The average Bonchev–Trinajstić information content (AvgIpc) is 2.69. The summed E-state index contributed by atoms with van der Waals surface area (Å²) in [5.41, 5.74) is 2.82. The predicted octanol–water partition coefficient (Wildman–Crippen LogP) is 2.88. The van der Waals surface area contributed by atoms with E-state index in [9.17, 15) is 14.0 Å². The van der Waals surface area contributed by atoms with Crippen molar-refractivity contribution in [3.63, 3.8) is 0 Å². The van der Waals surface area contributed by atoms with Gasteiger partial charge in [0.25, 0.3) is 5.91 Å². The van der Waals surface area contributed by atoms with E-state index >= 15 is 0 Å². The SMILES string of the molecule is Cc1nc([C@H]2CCCN(C(=O)c3cccc(F)c3)C2)nc(C)c1CC(=O)N(C)C. The van der Waals surface area contributed by atoms with Crippen molar-refractivity contribution in [2.45, 2.75) is 39.0 Å². The van der Waals surface area contributed by atoms with Crippen molar-refractivity contribution in [2.75, 3.05) is 27.2 Å². The standard InChI is InChI=1S/C22H27FN4O2/c1-14-19(12-20(28)26(3)4)15(2)25-21(24-14)17-8-6-10-27(13-17)22(29)16-7-5-9-18(23)11-16/h5,7,9,11,17H,6,8,10,12-13H2,1-4H3/t17-/m0/s1. The summed E-state index contributed by atoms with van der Waals surface area (Å²) in [6.07, 6.45) is 2.01. The van der Waals surface area contributed by atoms with Crippen molar-refractivity contribution < 1.29 is 14.0 Å². The zero-order chi connectivity index (χ0) is 21.1. The Morgan fingerprint density at radius 1 is 1.21 bits per heavy atom. The summed E-state index contributed by atoms with van der Waals surface area (Å²) in [5.74, 6) is 0.157. The van der Waals surface area contributed by atoms with Gasteiger partial charge in [0.2, 0.25) is 5.91 Å². The van der Waals surface area contributed by atoms with E-state index in [1.165, 1.54) is 12.1 Å². The number of aryl methyl sites for hydroxylation is 2. The minimum atomic E-state index is -0.415. The number of aromatic nitrogens is 2. The first-order valence-corrected chi connectivity index (χ1v) is 9.85. The van der Waals surface area contributed by atoms with Crippen LogP contribution in [0.3, 0.4) is 0 Å². The van der Waals surface area contributed by atoms with Crippen LogP contribution >= 0.6 is 0 Å². The number of carbonyl (C=O) groups is 2. The van der Waals surface area contributed by atoms with E-state index in [4.69, 9.17) is 0 Å². The van der Waals surface area contributed by atoms with Gasteiger partial charge in [-0.2, -0.15) is 0 Å². The van der Waals surface area contributed by atoms with Crippen LogP contribution in [-0.2, 0) is 11.2 Å². The molecule has 0 aliphatic carbocycles. The molecular weight excluding hydrogens is 371 g/mol. The van der Waals surface area contributed by atoms with Gasteiger partial charge in [0, 0.05) is 55.6 Å². The lowest BCUT2D eigenvalue weighted by molar-refractivity contribution is -0.128. The van der Waals surface area contributed by atoms with Crippen molar-refractivity contribution in [1.29, 1.82) is 0 Å². The third-order valence-corrected chi connectivity index (χ3v) is 5.41. The Bertz CT molecular complexity index is 906. The molecule has 0 radical (unpaired) electrons. The maximum Gasteiger partial charge on any atom is 0.253 e. The number of likely N-dealkylation sites (N-methyl/N-ethyl adjacent to an activating group) is 1. The molecule has 1 aliphatic rings. The van der Waals surface area contributed by atoms with Crippen LogP contribution in [0.2, 0.25) is 0 Å². The molecule has 1 atom stereocenters. The number of benzene rings is 1. The molecule has 1 saturated heterocycles. The summed E-state index contributed by atoms with van der Waals surface area (Å²) in [7, 11) is 3.46. The van der Waals surface area contributed by atoms with Crippen LogP contribution in [0.5, 0.6) is 0 Å². The van der Waals surface area contributed by atoms with Crippen LogP contribution in [-0.4, -0.2) is 58.8 Å². The van der Waals surface area contributed by atoms with Crippen LogP contribution in [0.25, 0.3) is 0 Å². The van der Waals surface area contributed by atoms with Crippen LogP contribution in [0.4, 0.5) is 4.39 Å². The third-order valence-electron chi connectivity index (χ3n) is 5.41. The van der Waals surface area contributed by atoms with Gasteiger partial charge in [0.1, 0.15) is 11.6 Å². The highest BCUT2D eigenvalue weighted by Gasteiger charge is 2.28. The van der Waals surface area contributed by atoms with E-state index in [1.807, 2.05) is 13.8 Å². The van der Waals surface area contributed by atoms with Gasteiger partial charge in [-0.15, -0.1) is 0 Å². The van der Waals surface area contributed by atoms with Gasteiger partial charge < -0.3 is 9.80 Å². The summed E-state index contributed by atoms with van der Waals surface area (Å²) in [5, 5.41) is 0. The van der Waals surface area contributed by atoms with Gasteiger partial charge >= 0.3 is 0 Å². The molecule has 1 fully saturated rings. The molecule has 0 saturated carbocycles. The summed E-state index contributed by atoms with van der Waals surface area (Å²) in [4.78, 5) is 37.5. The Balaban J connectivity index is 1.78. The van der Waals surface area contributed by atoms with E-state index in [0.717, 1.165) is 29.8 Å². The number of amides is 2. The molecule has 29 heavy (non-hydrogen) atoms. The molecular formula is C22H27FN4O2. The Kier molecular flexibility index (Phi) is 6.25. The van der Waals surface area contributed by atoms with Crippen molar-refractivity contribution >= 4 is 11.8 Å². The largest absolute Gasteiger partial charge is 0.349 e. The van der Waals surface area contributed by atoms with Crippen LogP contribution in [0.15, 0.2) is 24.3 Å². The van der Waals surface area contributed by atoms with Gasteiger partial charge in [-0.1, -0.05) is 6.07 Å². The van der Waals surface area contributed by atoms with Gasteiger partial charge in [-0.05, 0) is 44.9 Å². The Morgan fingerprint density at radius 2 is 1.90 bits per heavy atom. The lowest BCUT2D eigenvalue weighted by Gasteiger charge is -2.32. The molecule has 154 valence electrons. The number of piperidine rings is 1. The minimum absolute atomic E-state index is 0.0112. The highest BCUT2D eigenvalue weighted by Crippen LogP contribution is 2.27. The number of rotatable bonds is 4. The van der Waals surface area contributed by atoms with Gasteiger partial charge in [0.15, 0.2) is 0 Å². The monoisotopic (exact) mass is 398 g/mol. The van der Waals surface area contributed by atoms with Crippen molar-refractivity contribution in [1.82, 2.24) is 19.8 Å². The minimum Gasteiger partial charge on any atom is -0.349 e. The Morgan fingerprint density at radius 3 is 2.52 bits per heavy atom. The Hall–Kier alpha value is -2.83. The van der Waals surface area contributed by atoms with Crippen LogP contribution in [0, 0.1) is 19.7 Å². The maximum atomic E-state index is 13.5.